The van der Waals surface area contributed by atoms with Crippen molar-refractivity contribution in [1.82, 2.24) is 5.32 Å². The molecule has 1 aliphatic carbocycles. The van der Waals surface area contributed by atoms with Crippen LogP contribution in [0.25, 0.3) is 0 Å². The average molecular weight is 289 g/mol. The summed E-state index contributed by atoms with van der Waals surface area (Å²) in [5, 5.41) is 17.9. The van der Waals surface area contributed by atoms with Gasteiger partial charge in [-0.2, -0.15) is 5.26 Å². The van der Waals surface area contributed by atoms with Crippen molar-refractivity contribution >= 4 is 22.2 Å². The highest BCUT2D eigenvalue weighted by Crippen LogP contribution is 2.32. The molecule has 3 unspecified atom stereocenters. The zero-order valence-electron chi connectivity index (χ0n) is 11.4. The van der Waals surface area contributed by atoms with Crippen molar-refractivity contribution in [2.75, 3.05) is 5.32 Å². The normalized spacial score (nSPS) is 29.2. The predicted molar refractivity (Wildman–Crippen MR) is 79.6 cm³/mol. The number of thiophene rings is 1. The van der Waals surface area contributed by atoms with E-state index in [0.29, 0.717) is 16.6 Å². The van der Waals surface area contributed by atoms with Gasteiger partial charge in [0.25, 0.3) is 0 Å². The maximum atomic E-state index is 12.3. The van der Waals surface area contributed by atoms with Gasteiger partial charge in [-0.15, -0.1) is 11.3 Å². The third kappa shape index (κ3) is 2.72. The Kier molecular flexibility index (Phi) is 4.04. The minimum absolute atomic E-state index is 0.00738. The van der Waals surface area contributed by atoms with Crippen molar-refractivity contribution in [2.45, 2.75) is 50.6 Å². The second-order valence-electron chi connectivity index (χ2n) is 5.71. The Morgan fingerprint density at radius 1 is 1.35 bits per heavy atom. The van der Waals surface area contributed by atoms with Gasteiger partial charge in [0, 0.05) is 6.04 Å². The quantitative estimate of drug-likeness (QED) is 0.880. The zero-order chi connectivity index (χ0) is 13.9. The number of piperidine rings is 1. The van der Waals surface area contributed by atoms with Crippen molar-refractivity contribution in [3.63, 3.8) is 0 Å². The third-order valence-corrected chi connectivity index (χ3v) is 5.32. The maximum Gasteiger partial charge on any atom is 0.242 e. The van der Waals surface area contributed by atoms with Crippen molar-refractivity contribution in [3.8, 4) is 6.07 Å². The Balaban J connectivity index is 1.62. The fourth-order valence-electron chi connectivity index (χ4n) is 3.39. The van der Waals surface area contributed by atoms with E-state index in [1.54, 1.807) is 6.07 Å². The van der Waals surface area contributed by atoms with Crippen molar-refractivity contribution in [2.24, 2.45) is 5.92 Å². The molecular weight excluding hydrogens is 270 g/mol. The Labute approximate surface area is 123 Å². The molecule has 1 saturated heterocycles. The van der Waals surface area contributed by atoms with Crippen molar-refractivity contribution in [1.29, 1.82) is 5.26 Å². The number of carbonyl (C=O) groups excluding carboxylic acids is 1. The Morgan fingerprint density at radius 3 is 3.05 bits per heavy atom. The summed E-state index contributed by atoms with van der Waals surface area (Å²) in [7, 11) is 0. The molecule has 1 aromatic heterocycles. The minimum Gasteiger partial charge on any atom is -0.315 e. The summed E-state index contributed by atoms with van der Waals surface area (Å²) in [6.07, 6.45) is 7.14. The standard InChI is InChI=1S/C15H19N3OS/c16-9-11-7-8-20-15(11)18-14(19)13-6-5-10-3-1-2-4-12(10)17-13/h7-8,10,12-13,17H,1-6H2,(H,18,19). The van der Waals surface area contributed by atoms with Gasteiger partial charge in [-0.1, -0.05) is 12.8 Å². The third-order valence-electron chi connectivity index (χ3n) is 4.49. The molecule has 3 atom stereocenters. The van der Waals surface area contributed by atoms with Gasteiger partial charge in [-0.3, -0.25) is 4.79 Å². The average Bonchev–Trinajstić information content (AvgIpc) is 2.94. The van der Waals surface area contributed by atoms with E-state index < -0.39 is 0 Å². The Bertz CT molecular complexity index is 533. The first kappa shape index (κ1) is 13.6. The van der Waals surface area contributed by atoms with Gasteiger partial charge in [0.1, 0.15) is 11.1 Å². The molecule has 1 amide bonds. The molecule has 106 valence electrons. The summed E-state index contributed by atoms with van der Waals surface area (Å²) < 4.78 is 0. The van der Waals surface area contributed by atoms with Crippen molar-refractivity contribution < 1.29 is 4.79 Å². The molecule has 0 spiro atoms. The van der Waals surface area contributed by atoms with Crippen LogP contribution in [0, 0.1) is 17.2 Å². The molecule has 0 bridgehead atoms. The largest absolute Gasteiger partial charge is 0.315 e. The lowest BCUT2D eigenvalue weighted by molar-refractivity contribution is -0.119. The maximum absolute atomic E-state index is 12.3. The van der Waals surface area contributed by atoms with Gasteiger partial charge in [0.2, 0.25) is 5.91 Å². The van der Waals surface area contributed by atoms with Gasteiger partial charge in [0.15, 0.2) is 0 Å². The summed E-state index contributed by atoms with van der Waals surface area (Å²) in [5.74, 6) is 0.761. The summed E-state index contributed by atoms with van der Waals surface area (Å²) in [6.45, 7) is 0. The number of nitrogens with zero attached hydrogens (tertiary/aromatic N) is 1. The Morgan fingerprint density at radius 2 is 2.20 bits per heavy atom. The van der Waals surface area contributed by atoms with Crippen LogP contribution < -0.4 is 10.6 Å². The Hall–Kier alpha value is -1.38. The molecule has 1 aromatic rings. The molecule has 20 heavy (non-hydrogen) atoms. The fourth-order valence-corrected chi connectivity index (χ4v) is 4.14. The SMILES string of the molecule is N#Cc1ccsc1NC(=O)C1CCC2CCCCC2N1. The smallest absolute Gasteiger partial charge is 0.242 e. The molecule has 1 aliphatic heterocycles. The molecular formula is C15H19N3OS. The number of nitrogens with one attached hydrogen (secondary N) is 2. The summed E-state index contributed by atoms with van der Waals surface area (Å²) in [4.78, 5) is 12.3. The molecule has 5 heteroatoms. The van der Waals surface area contributed by atoms with Crippen LogP contribution in [0.3, 0.4) is 0 Å². The minimum atomic E-state index is -0.108. The van der Waals surface area contributed by atoms with Gasteiger partial charge >= 0.3 is 0 Å². The van der Waals surface area contributed by atoms with Crippen LogP contribution in [-0.4, -0.2) is 18.0 Å². The van der Waals surface area contributed by atoms with E-state index in [0.717, 1.165) is 18.8 Å². The van der Waals surface area contributed by atoms with E-state index in [-0.39, 0.29) is 11.9 Å². The van der Waals surface area contributed by atoms with Crippen LogP contribution in [0.5, 0.6) is 0 Å². The summed E-state index contributed by atoms with van der Waals surface area (Å²) in [5.41, 5.74) is 0.551. The highest BCUT2D eigenvalue weighted by atomic mass is 32.1. The fraction of sp³-hybridized carbons (Fsp3) is 0.600. The number of anilines is 1. The van der Waals surface area contributed by atoms with Crippen LogP contribution in [0.2, 0.25) is 0 Å². The molecule has 1 saturated carbocycles. The lowest BCUT2D eigenvalue weighted by Crippen LogP contribution is -2.53. The van der Waals surface area contributed by atoms with Crippen LogP contribution in [0.15, 0.2) is 11.4 Å². The zero-order valence-corrected chi connectivity index (χ0v) is 12.2. The molecule has 3 rings (SSSR count). The molecule has 4 nitrogen and oxygen atoms in total. The monoisotopic (exact) mass is 289 g/mol. The van der Waals surface area contributed by atoms with E-state index >= 15 is 0 Å². The van der Waals surface area contributed by atoms with Crippen LogP contribution in [-0.2, 0) is 4.79 Å². The topological polar surface area (TPSA) is 64.9 Å². The lowest BCUT2D eigenvalue weighted by atomic mass is 9.77. The molecule has 2 fully saturated rings. The van der Waals surface area contributed by atoms with E-state index in [1.165, 1.54) is 37.0 Å². The lowest BCUT2D eigenvalue weighted by Gasteiger charge is -2.39. The predicted octanol–water partition coefficient (Wildman–Crippen LogP) is 2.87. The van der Waals surface area contributed by atoms with Gasteiger partial charge in [-0.05, 0) is 43.0 Å². The highest BCUT2D eigenvalue weighted by molar-refractivity contribution is 7.14. The number of fused-ring (bicyclic) bond motifs is 1. The van der Waals surface area contributed by atoms with E-state index in [2.05, 4.69) is 16.7 Å². The first-order valence-corrected chi connectivity index (χ1v) is 8.20. The summed E-state index contributed by atoms with van der Waals surface area (Å²) in [6, 6.07) is 4.24. The van der Waals surface area contributed by atoms with Gasteiger partial charge in [-0.25, -0.2) is 0 Å². The highest BCUT2D eigenvalue weighted by Gasteiger charge is 2.34. The van der Waals surface area contributed by atoms with Gasteiger partial charge in [0.05, 0.1) is 11.6 Å². The van der Waals surface area contributed by atoms with Gasteiger partial charge < -0.3 is 10.6 Å². The molecule has 0 aromatic carbocycles. The first-order valence-electron chi connectivity index (χ1n) is 7.32. The van der Waals surface area contributed by atoms with Crippen LogP contribution in [0.1, 0.15) is 44.1 Å². The second kappa shape index (κ2) is 5.94. The molecule has 2 aliphatic rings. The number of carbonyl (C=O) groups is 1. The molecule has 2 heterocycles. The number of amides is 1. The van der Waals surface area contributed by atoms with Crippen molar-refractivity contribution in [3.05, 3.63) is 17.0 Å². The second-order valence-corrected chi connectivity index (χ2v) is 6.63. The number of rotatable bonds is 2. The number of nitriles is 1. The van der Waals surface area contributed by atoms with E-state index in [9.17, 15) is 4.79 Å². The van der Waals surface area contributed by atoms with Crippen LogP contribution >= 0.6 is 11.3 Å². The summed E-state index contributed by atoms with van der Waals surface area (Å²) >= 11 is 1.41. The number of hydrogen-bond acceptors (Lipinski definition) is 4. The molecule has 0 radical (unpaired) electrons. The number of hydrogen-bond donors (Lipinski definition) is 2. The van der Waals surface area contributed by atoms with E-state index in [4.69, 9.17) is 5.26 Å². The van der Waals surface area contributed by atoms with E-state index in [1.807, 2.05) is 5.38 Å². The molecule has 2 N–H and O–H groups in total. The first-order chi connectivity index (χ1) is 9.78. The van der Waals surface area contributed by atoms with Crippen LogP contribution in [0.4, 0.5) is 5.00 Å².